The molecule has 6 nitrogen and oxygen atoms in total. The summed E-state index contributed by atoms with van der Waals surface area (Å²) in [6.07, 6.45) is 5.49. The fraction of sp³-hybridized carbons (Fsp3) is 0.652. The van der Waals surface area contributed by atoms with E-state index in [1.807, 2.05) is 30.3 Å². The maximum Gasteiger partial charge on any atom is 0.319 e. The van der Waals surface area contributed by atoms with E-state index in [-0.39, 0.29) is 23.9 Å². The molecular formula is C23H32N2O4. The maximum absolute atomic E-state index is 12.9. The number of piperidine rings is 1. The minimum Gasteiger partial charge on any atom is -0.468 e. The van der Waals surface area contributed by atoms with Crippen molar-refractivity contribution in [3.63, 3.8) is 0 Å². The average molecular weight is 401 g/mol. The summed E-state index contributed by atoms with van der Waals surface area (Å²) in [6, 6.07) is 10.5. The number of rotatable bonds is 7. The molecule has 3 aliphatic rings. The number of nitrogens with one attached hydrogen (secondary N) is 1. The van der Waals surface area contributed by atoms with Crippen LogP contribution in [0.15, 0.2) is 30.3 Å². The Hall–Kier alpha value is -1.92. The Kier molecular flexibility index (Phi) is 6.50. The van der Waals surface area contributed by atoms with Gasteiger partial charge < -0.3 is 14.8 Å². The van der Waals surface area contributed by atoms with Gasteiger partial charge in [0, 0.05) is 25.2 Å². The van der Waals surface area contributed by atoms with Crippen LogP contribution in [0.1, 0.15) is 37.7 Å². The molecule has 2 saturated carbocycles. The third-order valence-corrected chi connectivity index (χ3v) is 7.01. The van der Waals surface area contributed by atoms with Crippen LogP contribution in [0.25, 0.3) is 0 Å². The highest BCUT2D eigenvalue weighted by Gasteiger charge is 2.52. The number of likely N-dealkylation sites (tertiary alicyclic amines) is 1. The Bertz CT molecular complexity index is 702. The second-order valence-electron chi connectivity index (χ2n) is 8.77. The van der Waals surface area contributed by atoms with Crippen LogP contribution < -0.4 is 5.32 Å². The summed E-state index contributed by atoms with van der Waals surface area (Å²) in [4.78, 5) is 26.6. The highest BCUT2D eigenvalue weighted by molar-refractivity contribution is 5.74. The van der Waals surface area contributed by atoms with Crippen molar-refractivity contribution in [3.05, 3.63) is 35.9 Å². The molecule has 3 fully saturated rings. The minimum atomic E-state index is -0.175. The molecule has 158 valence electrons. The van der Waals surface area contributed by atoms with Crippen molar-refractivity contribution < 1.29 is 19.1 Å². The Morgan fingerprint density at radius 3 is 2.52 bits per heavy atom. The molecule has 4 atom stereocenters. The maximum atomic E-state index is 12.9. The number of fused-ring (bicyclic) bond motifs is 2. The summed E-state index contributed by atoms with van der Waals surface area (Å²) >= 11 is 0. The van der Waals surface area contributed by atoms with Crippen LogP contribution in [-0.4, -0.2) is 55.7 Å². The van der Waals surface area contributed by atoms with E-state index in [2.05, 4.69) is 10.2 Å². The lowest BCUT2D eigenvalue weighted by atomic mass is 9.83. The lowest BCUT2D eigenvalue weighted by Gasteiger charge is -2.37. The van der Waals surface area contributed by atoms with Crippen molar-refractivity contribution in [3.8, 4) is 0 Å². The van der Waals surface area contributed by atoms with Crippen molar-refractivity contribution in [1.82, 2.24) is 10.2 Å². The van der Waals surface area contributed by atoms with E-state index in [4.69, 9.17) is 9.47 Å². The predicted molar refractivity (Wildman–Crippen MR) is 109 cm³/mol. The van der Waals surface area contributed by atoms with E-state index >= 15 is 0 Å². The SMILES string of the molecule is COC(=O)CN1CCC(N[C@H]2[C@H]3CC[C@@H](C3)[C@H]2C(=O)OCc2ccccc2)CC1. The van der Waals surface area contributed by atoms with Gasteiger partial charge in [-0.2, -0.15) is 0 Å². The number of nitrogens with zero attached hydrogens (tertiary/aromatic N) is 1. The van der Waals surface area contributed by atoms with Crippen molar-refractivity contribution in [2.75, 3.05) is 26.7 Å². The van der Waals surface area contributed by atoms with Gasteiger partial charge in [-0.1, -0.05) is 30.3 Å². The molecule has 1 aromatic carbocycles. The zero-order chi connectivity index (χ0) is 20.2. The van der Waals surface area contributed by atoms with E-state index in [9.17, 15) is 9.59 Å². The molecule has 1 aliphatic heterocycles. The van der Waals surface area contributed by atoms with E-state index in [0.717, 1.165) is 44.3 Å². The fourth-order valence-corrected chi connectivity index (χ4v) is 5.47. The molecule has 2 bridgehead atoms. The van der Waals surface area contributed by atoms with Gasteiger partial charge >= 0.3 is 11.9 Å². The highest BCUT2D eigenvalue weighted by Crippen LogP contribution is 2.49. The Morgan fingerprint density at radius 1 is 1.07 bits per heavy atom. The van der Waals surface area contributed by atoms with E-state index < -0.39 is 0 Å². The standard InChI is InChI=1S/C23H32N2O4/c1-28-20(26)14-25-11-9-19(10-12-25)24-22-18-8-7-17(13-18)21(22)23(27)29-15-16-5-3-2-4-6-16/h2-6,17-19,21-22,24H,7-15H2,1H3/t17-,18-,21+,22-/m0/s1. The molecule has 6 heteroatoms. The topological polar surface area (TPSA) is 67.9 Å². The molecule has 1 saturated heterocycles. The van der Waals surface area contributed by atoms with Crippen LogP contribution in [0.3, 0.4) is 0 Å². The van der Waals surface area contributed by atoms with Crippen LogP contribution in [0.5, 0.6) is 0 Å². The monoisotopic (exact) mass is 400 g/mol. The first kappa shape index (κ1) is 20.4. The van der Waals surface area contributed by atoms with Gasteiger partial charge in [-0.25, -0.2) is 0 Å². The van der Waals surface area contributed by atoms with Crippen molar-refractivity contribution in [2.24, 2.45) is 17.8 Å². The predicted octanol–water partition coefficient (Wildman–Crippen LogP) is 2.37. The molecule has 1 aromatic rings. The number of esters is 2. The van der Waals surface area contributed by atoms with Gasteiger partial charge in [-0.3, -0.25) is 14.5 Å². The van der Waals surface area contributed by atoms with E-state index in [0.29, 0.717) is 31.0 Å². The van der Waals surface area contributed by atoms with Gasteiger partial charge in [0.2, 0.25) is 0 Å². The smallest absolute Gasteiger partial charge is 0.319 e. The molecule has 0 unspecified atom stereocenters. The van der Waals surface area contributed by atoms with Crippen molar-refractivity contribution in [1.29, 1.82) is 0 Å². The molecular weight excluding hydrogens is 368 g/mol. The Balaban J connectivity index is 1.30. The zero-order valence-electron chi connectivity index (χ0n) is 17.2. The lowest BCUT2D eigenvalue weighted by molar-refractivity contribution is -0.153. The summed E-state index contributed by atoms with van der Waals surface area (Å²) in [5.74, 6) is 0.806. The van der Waals surface area contributed by atoms with Crippen molar-refractivity contribution in [2.45, 2.75) is 50.8 Å². The zero-order valence-corrected chi connectivity index (χ0v) is 17.2. The number of ether oxygens (including phenoxy) is 2. The first-order valence-corrected chi connectivity index (χ1v) is 10.9. The molecule has 0 aromatic heterocycles. The summed E-state index contributed by atoms with van der Waals surface area (Å²) in [5, 5.41) is 3.82. The Morgan fingerprint density at radius 2 is 1.79 bits per heavy atom. The van der Waals surface area contributed by atoms with Gasteiger partial charge in [0.05, 0.1) is 19.6 Å². The molecule has 1 heterocycles. The van der Waals surface area contributed by atoms with Crippen molar-refractivity contribution >= 4 is 11.9 Å². The molecule has 4 rings (SSSR count). The number of hydrogen-bond donors (Lipinski definition) is 1. The Labute approximate surface area is 172 Å². The molecule has 29 heavy (non-hydrogen) atoms. The largest absolute Gasteiger partial charge is 0.468 e. The third-order valence-electron chi connectivity index (χ3n) is 7.01. The van der Waals surface area contributed by atoms with Gasteiger partial charge in [0.15, 0.2) is 0 Å². The van der Waals surface area contributed by atoms with Crippen LogP contribution in [0.2, 0.25) is 0 Å². The van der Waals surface area contributed by atoms with Crippen LogP contribution in [0, 0.1) is 17.8 Å². The van der Waals surface area contributed by atoms with Gasteiger partial charge in [-0.05, 0) is 49.5 Å². The third kappa shape index (κ3) is 4.81. The second kappa shape index (κ2) is 9.26. The summed E-state index contributed by atoms with van der Waals surface area (Å²) in [6.45, 7) is 2.49. The van der Waals surface area contributed by atoms with Gasteiger partial charge in [-0.15, -0.1) is 0 Å². The lowest BCUT2D eigenvalue weighted by Crippen LogP contribution is -2.52. The molecule has 0 amide bonds. The number of methoxy groups -OCH3 is 1. The number of benzene rings is 1. The first-order valence-electron chi connectivity index (χ1n) is 10.9. The number of hydrogen-bond acceptors (Lipinski definition) is 6. The van der Waals surface area contributed by atoms with Crippen LogP contribution in [-0.2, 0) is 25.7 Å². The normalized spacial score (nSPS) is 29.7. The van der Waals surface area contributed by atoms with E-state index in [1.165, 1.54) is 13.5 Å². The number of carbonyl (C=O) groups excluding carboxylic acids is 2. The summed E-state index contributed by atoms with van der Waals surface area (Å²) in [5.41, 5.74) is 1.03. The van der Waals surface area contributed by atoms with Gasteiger partial charge in [0.25, 0.3) is 0 Å². The van der Waals surface area contributed by atoms with Crippen LogP contribution in [0.4, 0.5) is 0 Å². The fourth-order valence-electron chi connectivity index (χ4n) is 5.47. The summed E-state index contributed by atoms with van der Waals surface area (Å²) < 4.78 is 10.5. The molecule has 0 radical (unpaired) electrons. The highest BCUT2D eigenvalue weighted by atomic mass is 16.5. The molecule has 0 spiro atoms. The number of carbonyl (C=O) groups is 2. The second-order valence-corrected chi connectivity index (χ2v) is 8.77. The first-order chi connectivity index (χ1) is 14.1. The summed E-state index contributed by atoms with van der Waals surface area (Å²) in [7, 11) is 1.43. The van der Waals surface area contributed by atoms with Gasteiger partial charge in [0.1, 0.15) is 6.61 Å². The molecule has 1 N–H and O–H groups in total. The quantitative estimate of drug-likeness (QED) is 0.709. The molecule has 2 aliphatic carbocycles. The minimum absolute atomic E-state index is 0.0226. The average Bonchev–Trinajstić information content (AvgIpc) is 3.36. The van der Waals surface area contributed by atoms with E-state index in [1.54, 1.807) is 0 Å². The van der Waals surface area contributed by atoms with Crippen LogP contribution >= 0.6 is 0 Å².